The highest BCUT2D eigenvalue weighted by Gasteiger charge is 2.22. The van der Waals surface area contributed by atoms with E-state index >= 15 is 0 Å². The van der Waals surface area contributed by atoms with Crippen LogP contribution in [-0.2, 0) is 0 Å². The normalized spacial score (nSPS) is 16.6. The maximum Gasteiger partial charge on any atom is 0.147 e. The number of hydrogen-bond acceptors (Lipinski definition) is 4. The minimum Gasteiger partial charge on any atom is -0.352 e. The lowest BCUT2D eigenvalue weighted by Crippen LogP contribution is -2.39. The fraction of sp³-hybridized carbons (Fsp3) is 0.733. The number of anilines is 1. The maximum atomic E-state index is 5.68. The fourth-order valence-corrected chi connectivity index (χ4v) is 2.81. The van der Waals surface area contributed by atoms with Gasteiger partial charge >= 0.3 is 0 Å². The number of nitrogens with zero attached hydrogens (tertiary/aromatic N) is 3. The zero-order valence-corrected chi connectivity index (χ0v) is 12.2. The van der Waals surface area contributed by atoms with Crippen molar-refractivity contribution in [3.63, 3.8) is 0 Å². The monoisotopic (exact) mass is 262 g/mol. The Bertz CT molecular complexity index is 399. The molecule has 19 heavy (non-hydrogen) atoms. The second-order valence-corrected chi connectivity index (χ2v) is 5.53. The zero-order chi connectivity index (χ0) is 13.7. The van der Waals surface area contributed by atoms with Crippen molar-refractivity contribution in [2.45, 2.75) is 58.4 Å². The number of aromatic nitrogens is 2. The standard InChI is InChI=1S/C15H26N4/c1-12-13(2)18-15(11-17-12)19(10-6-9-16)14-7-4-3-5-8-14/h11,14H,3-10,16H2,1-2H3. The van der Waals surface area contributed by atoms with E-state index in [2.05, 4.69) is 9.88 Å². The molecule has 0 unspecified atom stereocenters. The summed E-state index contributed by atoms with van der Waals surface area (Å²) in [6.07, 6.45) is 9.54. The highest BCUT2D eigenvalue weighted by molar-refractivity contribution is 5.39. The third-order valence-corrected chi connectivity index (χ3v) is 4.09. The second-order valence-electron chi connectivity index (χ2n) is 5.53. The molecule has 0 bridgehead atoms. The van der Waals surface area contributed by atoms with Crippen LogP contribution in [0, 0.1) is 13.8 Å². The van der Waals surface area contributed by atoms with E-state index < -0.39 is 0 Å². The number of aryl methyl sites for hydroxylation is 2. The lowest BCUT2D eigenvalue weighted by atomic mass is 9.94. The molecule has 0 spiro atoms. The lowest BCUT2D eigenvalue weighted by Gasteiger charge is -2.35. The van der Waals surface area contributed by atoms with E-state index in [9.17, 15) is 0 Å². The molecular formula is C15H26N4. The number of rotatable bonds is 5. The average molecular weight is 262 g/mol. The van der Waals surface area contributed by atoms with Gasteiger partial charge in [0.25, 0.3) is 0 Å². The van der Waals surface area contributed by atoms with E-state index in [1.54, 1.807) is 0 Å². The fourth-order valence-electron chi connectivity index (χ4n) is 2.81. The van der Waals surface area contributed by atoms with Crippen LogP contribution in [0.25, 0.3) is 0 Å². The molecule has 1 aromatic rings. The third-order valence-electron chi connectivity index (χ3n) is 4.09. The van der Waals surface area contributed by atoms with E-state index in [0.717, 1.165) is 36.7 Å². The minimum absolute atomic E-state index is 0.622. The smallest absolute Gasteiger partial charge is 0.147 e. The summed E-state index contributed by atoms with van der Waals surface area (Å²) in [5.41, 5.74) is 7.73. The molecule has 4 heteroatoms. The van der Waals surface area contributed by atoms with Crippen molar-refractivity contribution in [1.82, 2.24) is 9.97 Å². The Morgan fingerprint density at radius 2 is 1.95 bits per heavy atom. The average Bonchev–Trinajstić information content (AvgIpc) is 2.44. The van der Waals surface area contributed by atoms with Crippen molar-refractivity contribution in [3.05, 3.63) is 17.6 Å². The van der Waals surface area contributed by atoms with Crippen LogP contribution in [0.15, 0.2) is 6.20 Å². The molecule has 1 aliphatic rings. The summed E-state index contributed by atoms with van der Waals surface area (Å²) >= 11 is 0. The molecule has 106 valence electrons. The van der Waals surface area contributed by atoms with Crippen LogP contribution in [0.2, 0.25) is 0 Å². The molecule has 1 heterocycles. The van der Waals surface area contributed by atoms with Crippen LogP contribution >= 0.6 is 0 Å². The molecule has 0 radical (unpaired) electrons. The summed E-state index contributed by atoms with van der Waals surface area (Å²) in [7, 11) is 0. The summed E-state index contributed by atoms with van der Waals surface area (Å²) in [6.45, 7) is 5.78. The summed E-state index contributed by atoms with van der Waals surface area (Å²) in [5, 5.41) is 0. The lowest BCUT2D eigenvalue weighted by molar-refractivity contribution is 0.410. The van der Waals surface area contributed by atoms with E-state index in [0.29, 0.717) is 6.04 Å². The third kappa shape index (κ3) is 3.66. The number of nitrogens with two attached hydrogens (primary N) is 1. The molecule has 4 nitrogen and oxygen atoms in total. The number of hydrogen-bond donors (Lipinski definition) is 1. The van der Waals surface area contributed by atoms with Gasteiger partial charge in [-0.3, -0.25) is 4.98 Å². The van der Waals surface area contributed by atoms with Gasteiger partial charge in [0.05, 0.1) is 17.6 Å². The first-order valence-electron chi connectivity index (χ1n) is 7.49. The quantitative estimate of drug-likeness (QED) is 0.886. The van der Waals surface area contributed by atoms with Crippen molar-refractivity contribution >= 4 is 5.82 Å². The van der Waals surface area contributed by atoms with E-state index in [1.165, 1.54) is 32.1 Å². The molecule has 1 saturated carbocycles. The van der Waals surface area contributed by atoms with Crippen LogP contribution in [0.3, 0.4) is 0 Å². The van der Waals surface area contributed by atoms with E-state index in [4.69, 9.17) is 10.7 Å². The van der Waals surface area contributed by atoms with Gasteiger partial charge in [-0.05, 0) is 39.7 Å². The van der Waals surface area contributed by atoms with Crippen LogP contribution < -0.4 is 10.6 Å². The molecule has 1 aromatic heterocycles. The van der Waals surface area contributed by atoms with Gasteiger partial charge < -0.3 is 10.6 Å². The Hall–Kier alpha value is -1.16. The van der Waals surface area contributed by atoms with Crippen LogP contribution in [0.4, 0.5) is 5.82 Å². The van der Waals surface area contributed by atoms with Crippen molar-refractivity contribution in [2.24, 2.45) is 5.73 Å². The molecule has 1 fully saturated rings. The Morgan fingerprint density at radius 3 is 2.58 bits per heavy atom. The molecule has 0 amide bonds. The van der Waals surface area contributed by atoms with E-state index in [1.807, 2.05) is 20.0 Å². The van der Waals surface area contributed by atoms with Gasteiger partial charge in [0.15, 0.2) is 0 Å². The predicted octanol–water partition coefficient (Wildman–Crippen LogP) is 2.58. The van der Waals surface area contributed by atoms with Crippen LogP contribution in [-0.4, -0.2) is 29.1 Å². The Balaban J connectivity index is 2.17. The Morgan fingerprint density at radius 1 is 1.21 bits per heavy atom. The highest BCUT2D eigenvalue weighted by Crippen LogP contribution is 2.26. The van der Waals surface area contributed by atoms with Gasteiger partial charge in [0.1, 0.15) is 5.82 Å². The minimum atomic E-state index is 0.622. The van der Waals surface area contributed by atoms with Gasteiger partial charge in [-0.2, -0.15) is 0 Å². The van der Waals surface area contributed by atoms with Crippen molar-refractivity contribution in [1.29, 1.82) is 0 Å². The SMILES string of the molecule is Cc1ncc(N(CCCN)C2CCCCC2)nc1C. The van der Waals surface area contributed by atoms with Gasteiger partial charge in [0, 0.05) is 12.6 Å². The molecule has 0 atom stereocenters. The molecular weight excluding hydrogens is 236 g/mol. The van der Waals surface area contributed by atoms with Crippen LogP contribution in [0.5, 0.6) is 0 Å². The molecule has 1 aliphatic carbocycles. The maximum absolute atomic E-state index is 5.68. The second kappa shape index (κ2) is 6.85. The summed E-state index contributed by atoms with van der Waals surface area (Å²) in [6, 6.07) is 0.622. The Kier molecular flexibility index (Phi) is 5.14. The molecule has 2 rings (SSSR count). The summed E-state index contributed by atoms with van der Waals surface area (Å²) in [4.78, 5) is 11.6. The van der Waals surface area contributed by atoms with Gasteiger partial charge in [-0.25, -0.2) is 4.98 Å². The Labute approximate surface area is 116 Å². The van der Waals surface area contributed by atoms with Crippen molar-refractivity contribution in [2.75, 3.05) is 18.0 Å². The van der Waals surface area contributed by atoms with Gasteiger partial charge in [0.2, 0.25) is 0 Å². The first-order chi connectivity index (χ1) is 9.22. The van der Waals surface area contributed by atoms with Crippen molar-refractivity contribution < 1.29 is 0 Å². The van der Waals surface area contributed by atoms with Crippen molar-refractivity contribution in [3.8, 4) is 0 Å². The van der Waals surface area contributed by atoms with Crippen LogP contribution in [0.1, 0.15) is 49.9 Å². The zero-order valence-electron chi connectivity index (χ0n) is 12.2. The summed E-state index contributed by atoms with van der Waals surface area (Å²) < 4.78 is 0. The summed E-state index contributed by atoms with van der Waals surface area (Å²) in [5.74, 6) is 1.03. The molecule has 0 aromatic carbocycles. The predicted molar refractivity (Wildman–Crippen MR) is 79.4 cm³/mol. The largest absolute Gasteiger partial charge is 0.352 e. The first kappa shape index (κ1) is 14.3. The molecule has 0 aliphatic heterocycles. The van der Waals surface area contributed by atoms with Gasteiger partial charge in [-0.15, -0.1) is 0 Å². The highest BCUT2D eigenvalue weighted by atomic mass is 15.2. The molecule has 0 saturated heterocycles. The van der Waals surface area contributed by atoms with Gasteiger partial charge in [-0.1, -0.05) is 19.3 Å². The topological polar surface area (TPSA) is 55.0 Å². The molecule has 2 N–H and O–H groups in total. The van der Waals surface area contributed by atoms with E-state index in [-0.39, 0.29) is 0 Å². The first-order valence-corrected chi connectivity index (χ1v) is 7.49.